The van der Waals surface area contributed by atoms with Gasteiger partial charge in [-0.05, 0) is 53.0 Å². The first-order valence-electron chi connectivity index (χ1n) is 10.3. The Morgan fingerprint density at radius 2 is 1.91 bits per heavy atom. The highest BCUT2D eigenvalue weighted by molar-refractivity contribution is 9.10. The maximum Gasteiger partial charge on any atom is 0.490 e. The number of carbonyl (C=O) groups excluding carboxylic acids is 1. The topological polar surface area (TPSA) is 117 Å². The summed E-state index contributed by atoms with van der Waals surface area (Å²) in [5.41, 5.74) is 2.03. The standard InChI is InChI=1S/C18H20BrN7O.C2HF3O2/c1-24-10-14(17(19)23-24)21-18(27)15-6-4-12-5-7-16(22-26(12)15)25-9-11-2-3-13(25)8-20-11;3-2(4,5)1(6)7/h4-7,10-11,13,20H,2-3,8-9H2,1H3,(H,21,27);(H,6,7)/t11-,13-;/m1./s1. The molecule has 0 aromatic carbocycles. The monoisotopic (exact) mass is 543 g/mol. The summed E-state index contributed by atoms with van der Waals surface area (Å²) in [6.07, 6.45) is -0.917. The molecule has 3 aromatic heterocycles. The molecule has 2 atom stereocenters. The number of amides is 1. The Bertz CT molecular complexity index is 1220. The third-order valence-electron chi connectivity index (χ3n) is 5.64. The van der Waals surface area contributed by atoms with Crippen LogP contribution in [-0.4, -0.2) is 67.7 Å². The predicted molar refractivity (Wildman–Crippen MR) is 120 cm³/mol. The number of alkyl halides is 3. The second kappa shape index (κ2) is 9.25. The van der Waals surface area contributed by atoms with Crippen LogP contribution in [0, 0.1) is 0 Å². The number of rotatable bonds is 3. The molecular weight excluding hydrogens is 523 g/mol. The van der Waals surface area contributed by atoms with Gasteiger partial charge >= 0.3 is 12.1 Å². The number of piperidine rings is 2. The number of carboxylic acids is 1. The number of nitrogens with one attached hydrogen (secondary N) is 2. The van der Waals surface area contributed by atoms with Crippen molar-refractivity contribution in [2.75, 3.05) is 23.3 Å². The number of hydrogen-bond donors (Lipinski definition) is 3. The number of fused-ring (bicyclic) bond motifs is 4. The summed E-state index contributed by atoms with van der Waals surface area (Å²) in [4.78, 5) is 24.1. The lowest BCUT2D eigenvalue weighted by atomic mass is 9.93. The summed E-state index contributed by atoms with van der Waals surface area (Å²) >= 11 is 3.36. The number of hydrogen-bond acceptors (Lipinski definition) is 6. The van der Waals surface area contributed by atoms with E-state index >= 15 is 0 Å². The SMILES string of the molecule is Cn1cc(NC(=O)c2ccc3ccc(N4C[C@H]5CC[C@@H]4CN5)nn23)c(Br)n1.O=C(O)C(F)(F)F. The van der Waals surface area contributed by atoms with Crippen molar-refractivity contribution in [3.05, 3.63) is 40.8 Å². The van der Waals surface area contributed by atoms with Crippen molar-refractivity contribution >= 4 is 44.8 Å². The van der Waals surface area contributed by atoms with Gasteiger partial charge in [0.15, 0.2) is 4.60 Å². The van der Waals surface area contributed by atoms with Crippen LogP contribution in [-0.2, 0) is 11.8 Å². The molecule has 6 heterocycles. The van der Waals surface area contributed by atoms with Gasteiger partial charge in [-0.25, -0.2) is 9.31 Å². The van der Waals surface area contributed by atoms with Gasteiger partial charge in [-0.2, -0.15) is 18.3 Å². The van der Waals surface area contributed by atoms with Gasteiger partial charge in [0.1, 0.15) is 11.5 Å². The molecule has 3 N–H and O–H groups in total. The molecule has 6 rings (SSSR count). The first kappa shape index (κ1) is 24.0. The summed E-state index contributed by atoms with van der Waals surface area (Å²) in [6.45, 7) is 1.97. The Kier molecular flexibility index (Phi) is 6.53. The van der Waals surface area contributed by atoms with E-state index in [4.69, 9.17) is 15.0 Å². The van der Waals surface area contributed by atoms with Gasteiger partial charge in [0.2, 0.25) is 0 Å². The first-order chi connectivity index (χ1) is 16.0. The zero-order valence-corrected chi connectivity index (χ0v) is 19.5. The van der Waals surface area contributed by atoms with Crippen LogP contribution in [0.15, 0.2) is 35.1 Å². The minimum atomic E-state index is -5.08. The van der Waals surface area contributed by atoms with Crippen molar-refractivity contribution in [2.45, 2.75) is 31.1 Å². The number of anilines is 2. The molecular formula is C20H21BrF3N7O3. The average molecular weight is 544 g/mol. The summed E-state index contributed by atoms with van der Waals surface area (Å²) in [5.74, 6) is -2.05. The minimum absolute atomic E-state index is 0.213. The van der Waals surface area contributed by atoms with Crippen LogP contribution in [0.4, 0.5) is 24.7 Å². The second-order valence-electron chi connectivity index (χ2n) is 8.00. The third kappa shape index (κ3) is 5.01. The van der Waals surface area contributed by atoms with Crippen molar-refractivity contribution in [1.82, 2.24) is 24.7 Å². The first-order valence-corrected chi connectivity index (χ1v) is 11.1. The van der Waals surface area contributed by atoms with E-state index < -0.39 is 12.1 Å². The molecule has 0 spiro atoms. The highest BCUT2D eigenvalue weighted by Gasteiger charge is 2.38. The predicted octanol–water partition coefficient (Wildman–Crippen LogP) is 2.66. The van der Waals surface area contributed by atoms with E-state index in [1.165, 1.54) is 12.8 Å². The number of aliphatic carboxylic acids is 1. The Morgan fingerprint density at radius 1 is 1.21 bits per heavy atom. The lowest BCUT2D eigenvalue weighted by Gasteiger charge is -2.46. The van der Waals surface area contributed by atoms with E-state index in [0.717, 1.165) is 24.4 Å². The smallest absolute Gasteiger partial charge is 0.475 e. The fourth-order valence-electron chi connectivity index (χ4n) is 4.02. The zero-order chi connectivity index (χ0) is 24.6. The van der Waals surface area contributed by atoms with Gasteiger partial charge in [-0.3, -0.25) is 9.48 Å². The van der Waals surface area contributed by atoms with Gasteiger partial charge in [-0.1, -0.05) is 0 Å². The van der Waals surface area contributed by atoms with E-state index in [-0.39, 0.29) is 5.91 Å². The summed E-state index contributed by atoms with van der Waals surface area (Å²) in [6, 6.07) is 8.79. The number of aryl methyl sites for hydroxylation is 1. The van der Waals surface area contributed by atoms with Crippen LogP contribution < -0.4 is 15.5 Å². The van der Waals surface area contributed by atoms with Crippen LogP contribution in [0.2, 0.25) is 0 Å². The lowest BCUT2D eigenvalue weighted by Crippen LogP contribution is -2.61. The van der Waals surface area contributed by atoms with Gasteiger partial charge in [-0.15, -0.1) is 5.10 Å². The zero-order valence-electron chi connectivity index (χ0n) is 17.9. The minimum Gasteiger partial charge on any atom is -0.475 e. The molecule has 1 amide bonds. The van der Waals surface area contributed by atoms with Crippen LogP contribution in [0.25, 0.3) is 5.52 Å². The Hall–Kier alpha value is -3.13. The van der Waals surface area contributed by atoms with Crippen molar-refractivity contribution in [2.24, 2.45) is 7.05 Å². The molecule has 0 aliphatic carbocycles. The van der Waals surface area contributed by atoms with E-state index in [2.05, 4.69) is 42.6 Å². The summed E-state index contributed by atoms with van der Waals surface area (Å²) in [7, 11) is 1.81. The highest BCUT2D eigenvalue weighted by atomic mass is 79.9. The number of nitrogens with zero attached hydrogens (tertiary/aromatic N) is 5. The maximum atomic E-state index is 12.8. The number of aromatic nitrogens is 4. The molecule has 2 bridgehead atoms. The molecule has 182 valence electrons. The number of piperazine rings is 1. The van der Waals surface area contributed by atoms with Gasteiger partial charge in [0.25, 0.3) is 5.91 Å². The third-order valence-corrected chi connectivity index (χ3v) is 6.23. The van der Waals surface area contributed by atoms with Crippen molar-refractivity contribution in [3.63, 3.8) is 0 Å². The number of halogens is 4. The summed E-state index contributed by atoms with van der Waals surface area (Å²) < 4.78 is 35.7. The van der Waals surface area contributed by atoms with Crippen LogP contribution in [0.3, 0.4) is 0 Å². The van der Waals surface area contributed by atoms with Crippen molar-refractivity contribution < 1.29 is 27.9 Å². The Labute approximate surface area is 199 Å². The normalized spacial score (nSPS) is 19.6. The largest absolute Gasteiger partial charge is 0.490 e. The van der Waals surface area contributed by atoms with Crippen LogP contribution in [0.1, 0.15) is 23.3 Å². The molecule has 0 unspecified atom stereocenters. The quantitative estimate of drug-likeness (QED) is 0.465. The number of carboxylic acid groups (broad SMARTS) is 1. The Balaban J connectivity index is 0.000000344. The number of carbonyl (C=O) groups is 2. The molecule has 14 heteroatoms. The van der Waals surface area contributed by atoms with E-state index in [9.17, 15) is 18.0 Å². The van der Waals surface area contributed by atoms with Gasteiger partial charge in [0, 0.05) is 38.4 Å². The van der Waals surface area contributed by atoms with Gasteiger partial charge in [0.05, 0.1) is 11.2 Å². The van der Waals surface area contributed by atoms with E-state index in [1.54, 1.807) is 21.5 Å². The van der Waals surface area contributed by atoms with Crippen molar-refractivity contribution in [1.29, 1.82) is 0 Å². The molecule has 0 radical (unpaired) electrons. The fourth-order valence-corrected chi connectivity index (χ4v) is 4.48. The lowest BCUT2D eigenvalue weighted by molar-refractivity contribution is -0.192. The summed E-state index contributed by atoms with van der Waals surface area (Å²) in [5, 5.41) is 22.6. The molecule has 10 nitrogen and oxygen atoms in total. The molecule has 3 aromatic rings. The Morgan fingerprint density at radius 3 is 2.44 bits per heavy atom. The molecule has 3 aliphatic rings. The molecule has 3 fully saturated rings. The highest BCUT2D eigenvalue weighted by Crippen LogP contribution is 2.27. The van der Waals surface area contributed by atoms with Gasteiger partial charge < -0.3 is 20.6 Å². The fraction of sp³-hybridized carbons (Fsp3) is 0.400. The van der Waals surface area contributed by atoms with Crippen LogP contribution in [0.5, 0.6) is 0 Å². The van der Waals surface area contributed by atoms with Crippen LogP contribution >= 0.6 is 15.9 Å². The molecule has 0 saturated carbocycles. The molecule has 3 saturated heterocycles. The van der Waals surface area contributed by atoms with E-state index in [1.807, 2.05) is 19.2 Å². The molecule has 34 heavy (non-hydrogen) atoms. The maximum absolute atomic E-state index is 12.8. The molecule has 3 aliphatic heterocycles. The van der Waals surface area contributed by atoms with E-state index in [0.29, 0.717) is 28.1 Å². The second-order valence-corrected chi connectivity index (χ2v) is 8.75. The average Bonchev–Trinajstić information content (AvgIpc) is 3.36. The van der Waals surface area contributed by atoms with Crippen molar-refractivity contribution in [3.8, 4) is 0 Å².